The van der Waals surface area contributed by atoms with Crippen LogP contribution in [0.3, 0.4) is 0 Å². The Morgan fingerprint density at radius 3 is 2.38 bits per heavy atom. The molecule has 0 bridgehead atoms. The second-order valence-corrected chi connectivity index (χ2v) is 9.51. The van der Waals surface area contributed by atoms with E-state index in [1.807, 2.05) is 54.1 Å². The summed E-state index contributed by atoms with van der Waals surface area (Å²) in [6.45, 7) is 5.10. The molecule has 1 saturated heterocycles. The summed E-state index contributed by atoms with van der Waals surface area (Å²) in [4.78, 5) is 14.9. The summed E-state index contributed by atoms with van der Waals surface area (Å²) in [5, 5.41) is 4.72. The van der Waals surface area contributed by atoms with Gasteiger partial charge in [-0.25, -0.2) is 13.5 Å². The quantitative estimate of drug-likeness (QED) is 0.309. The summed E-state index contributed by atoms with van der Waals surface area (Å²) in [5.41, 5.74) is 4.90. The summed E-state index contributed by atoms with van der Waals surface area (Å²) >= 11 is 0. The minimum atomic E-state index is -0.884. The van der Waals surface area contributed by atoms with Crippen molar-refractivity contribution in [1.82, 2.24) is 14.7 Å². The first-order valence-corrected chi connectivity index (χ1v) is 12.5. The van der Waals surface area contributed by atoms with Gasteiger partial charge in [-0.2, -0.15) is 5.10 Å². The molecule has 7 heteroatoms. The predicted octanol–water partition coefficient (Wildman–Crippen LogP) is 6.37. The lowest BCUT2D eigenvalue weighted by atomic mass is 9.92. The van der Waals surface area contributed by atoms with Crippen LogP contribution in [0.5, 0.6) is 5.75 Å². The molecule has 5 rings (SSSR count). The van der Waals surface area contributed by atoms with Crippen molar-refractivity contribution in [3.05, 3.63) is 113 Å². The lowest BCUT2D eigenvalue weighted by molar-refractivity contribution is 0.0706. The highest BCUT2D eigenvalue weighted by molar-refractivity contribution is 5.95. The van der Waals surface area contributed by atoms with Gasteiger partial charge < -0.3 is 9.64 Å². The van der Waals surface area contributed by atoms with E-state index in [0.717, 1.165) is 47.1 Å². The predicted molar refractivity (Wildman–Crippen MR) is 138 cm³/mol. The molecule has 0 aliphatic carbocycles. The van der Waals surface area contributed by atoms with Gasteiger partial charge in [-0.15, -0.1) is 0 Å². The van der Waals surface area contributed by atoms with Gasteiger partial charge in [0.1, 0.15) is 12.4 Å². The van der Waals surface area contributed by atoms with Crippen LogP contribution in [-0.4, -0.2) is 33.7 Å². The van der Waals surface area contributed by atoms with Crippen LogP contribution < -0.4 is 4.74 Å². The third-order valence-corrected chi connectivity index (χ3v) is 6.89. The van der Waals surface area contributed by atoms with Gasteiger partial charge in [0, 0.05) is 30.8 Å². The first kappa shape index (κ1) is 24.7. The number of carbonyl (C=O) groups excluding carboxylic acids is 1. The highest BCUT2D eigenvalue weighted by atomic mass is 19.1. The monoisotopic (exact) mass is 501 g/mol. The van der Waals surface area contributed by atoms with Crippen LogP contribution in [-0.2, 0) is 6.61 Å². The van der Waals surface area contributed by atoms with Crippen molar-refractivity contribution in [1.29, 1.82) is 0 Å². The Kier molecular flexibility index (Phi) is 7.04. The number of halogens is 2. The topological polar surface area (TPSA) is 47.4 Å². The average Bonchev–Trinajstić information content (AvgIpc) is 3.30. The van der Waals surface area contributed by atoms with Crippen molar-refractivity contribution in [2.45, 2.75) is 39.2 Å². The lowest BCUT2D eigenvalue weighted by Crippen LogP contribution is -2.38. The number of nitrogens with zero attached hydrogens (tertiary/aromatic N) is 3. The fraction of sp³-hybridized carbons (Fsp3) is 0.267. The van der Waals surface area contributed by atoms with Gasteiger partial charge in [0.25, 0.3) is 5.91 Å². The molecule has 0 unspecified atom stereocenters. The minimum absolute atomic E-state index is 0.121. The molecule has 0 spiro atoms. The van der Waals surface area contributed by atoms with Crippen LogP contribution >= 0.6 is 0 Å². The number of piperidine rings is 1. The molecule has 1 aromatic heterocycles. The third-order valence-electron chi connectivity index (χ3n) is 6.89. The van der Waals surface area contributed by atoms with Gasteiger partial charge in [0.15, 0.2) is 11.6 Å². The molecule has 3 aromatic carbocycles. The van der Waals surface area contributed by atoms with Crippen LogP contribution in [0.1, 0.15) is 51.6 Å². The standard InChI is InChI=1S/C30H29F2N3O2/c1-20-8-6-7-11-27(20)35-28(16-21(2)33-35)23-12-14-34(15-13-23)30(36)24-17-29(26(32)18-25(24)31)37-19-22-9-4-3-5-10-22/h3-11,16-18,23H,12-15,19H2,1-2H3. The van der Waals surface area contributed by atoms with Crippen LogP contribution in [0.4, 0.5) is 8.78 Å². The smallest absolute Gasteiger partial charge is 0.256 e. The second-order valence-electron chi connectivity index (χ2n) is 9.51. The summed E-state index contributed by atoms with van der Waals surface area (Å²) in [5.74, 6) is -2.09. The minimum Gasteiger partial charge on any atom is -0.486 e. The summed E-state index contributed by atoms with van der Waals surface area (Å²) in [6, 6.07) is 21.4. The number of para-hydroxylation sites is 1. The fourth-order valence-corrected chi connectivity index (χ4v) is 4.89. The molecule has 0 N–H and O–H groups in total. The Bertz CT molecular complexity index is 1410. The zero-order valence-corrected chi connectivity index (χ0v) is 21.0. The van der Waals surface area contributed by atoms with Gasteiger partial charge >= 0.3 is 0 Å². The molecule has 0 radical (unpaired) electrons. The Morgan fingerprint density at radius 1 is 0.946 bits per heavy atom. The first-order valence-electron chi connectivity index (χ1n) is 12.5. The largest absolute Gasteiger partial charge is 0.486 e. The highest BCUT2D eigenvalue weighted by Gasteiger charge is 2.29. The highest BCUT2D eigenvalue weighted by Crippen LogP contribution is 2.32. The number of aryl methyl sites for hydroxylation is 2. The Labute approximate surface area is 215 Å². The molecule has 37 heavy (non-hydrogen) atoms. The number of ether oxygens (including phenoxy) is 1. The van der Waals surface area contributed by atoms with E-state index in [4.69, 9.17) is 9.84 Å². The number of hydrogen-bond donors (Lipinski definition) is 0. The summed E-state index contributed by atoms with van der Waals surface area (Å²) in [7, 11) is 0. The van der Waals surface area contributed by atoms with E-state index in [9.17, 15) is 13.6 Å². The fourth-order valence-electron chi connectivity index (χ4n) is 4.89. The van der Waals surface area contributed by atoms with Crippen molar-refractivity contribution in [3.63, 3.8) is 0 Å². The second kappa shape index (κ2) is 10.5. The van der Waals surface area contributed by atoms with Gasteiger partial charge in [0.05, 0.1) is 16.9 Å². The molecular formula is C30H29F2N3O2. The van der Waals surface area contributed by atoms with Crippen molar-refractivity contribution >= 4 is 5.91 Å². The molecule has 4 aromatic rings. The molecule has 190 valence electrons. The zero-order valence-electron chi connectivity index (χ0n) is 21.0. The van der Waals surface area contributed by atoms with Crippen molar-refractivity contribution < 1.29 is 18.3 Å². The number of rotatable bonds is 6. The summed E-state index contributed by atoms with van der Waals surface area (Å²) in [6.07, 6.45) is 1.45. The van der Waals surface area contributed by atoms with Gasteiger partial charge in [-0.1, -0.05) is 48.5 Å². The average molecular weight is 502 g/mol. The van der Waals surface area contributed by atoms with E-state index < -0.39 is 17.5 Å². The maximum Gasteiger partial charge on any atom is 0.256 e. The first-order chi connectivity index (χ1) is 17.9. The number of aromatic nitrogens is 2. The SMILES string of the molecule is Cc1cc(C2CCN(C(=O)c3cc(OCc4ccccc4)c(F)cc3F)CC2)n(-c2ccccc2C)n1. The normalized spacial score (nSPS) is 14.1. The number of hydrogen-bond acceptors (Lipinski definition) is 3. The van der Waals surface area contributed by atoms with Crippen LogP contribution in [0.15, 0.2) is 72.8 Å². The van der Waals surface area contributed by atoms with Crippen LogP contribution in [0.2, 0.25) is 0 Å². The van der Waals surface area contributed by atoms with E-state index in [0.29, 0.717) is 13.1 Å². The van der Waals surface area contributed by atoms with Crippen molar-refractivity contribution in [2.75, 3.05) is 13.1 Å². The van der Waals surface area contributed by atoms with Gasteiger partial charge in [-0.05, 0) is 56.0 Å². The van der Waals surface area contributed by atoms with Crippen molar-refractivity contribution in [2.24, 2.45) is 0 Å². The Hall–Kier alpha value is -4.00. The molecule has 0 saturated carbocycles. The lowest BCUT2D eigenvalue weighted by Gasteiger charge is -2.32. The maximum absolute atomic E-state index is 14.7. The summed E-state index contributed by atoms with van der Waals surface area (Å²) < 4.78 is 36.6. The molecular weight excluding hydrogens is 472 g/mol. The van der Waals surface area contributed by atoms with E-state index in [2.05, 4.69) is 25.1 Å². The van der Waals surface area contributed by atoms with Gasteiger partial charge in [-0.3, -0.25) is 4.79 Å². The van der Waals surface area contributed by atoms with E-state index in [1.165, 1.54) is 6.07 Å². The molecule has 1 aliphatic heterocycles. The molecule has 1 fully saturated rings. The van der Waals surface area contributed by atoms with Gasteiger partial charge in [0.2, 0.25) is 0 Å². The van der Waals surface area contributed by atoms with Crippen LogP contribution in [0.25, 0.3) is 5.69 Å². The molecule has 5 nitrogen and oxygen atoms in total. The third kappa shape index (κ3) is 5.26. The van der Waals surface area contributed by atoms with Crippen LogP contribution in [0, 0.1) is 25.5 Å². The number of benzene rings is 3. The number of amides is 1. The Balaban J connectivity index is 1.30. The molecule has 1 amide bonds. The molecule has 2 heterocycles. The van der Waals surface area contributed by atoms with E-state index >= 15 is 0 Å². The zero-order chi connectivity index (χ0) is 25.9. The molecule has 1 aliphatic rings. The molecule has 0 atom stereocenters. The number of carbonyl (C=O) groups is 1. The maximum atomic E-state index is 14.7. The number of likely N-dealkylation sites (tertiary alicyclic amines) is 1. The van der Waals surface area contributed by atoms with Crippen molar-refractivity contribution in [3.8, 4) is 11.4 Å². The Morgan fingerprint density at radius 2 is 1.65 bits per heavy atom. The van der Waals surface area contributed by atoms with E-state index in [1.54, 1.807) is 4.90 Å². The van der Waals surface area contributed by atoms with E-state index in [-0.39, 0.29) is 23.8 Å².